The Bertz CT molecular complexity index is 417. The molecule has 2 rings (SSSR count). The zero-order valence-corrected chi connectivity index (χ0v) is 12.5. The minimum absolute atomic E-state index is 0.427. The van der Waals surface area contributed by atoms with Gasteiger partial charge in [-0.1, -0.05) is 30.7 Å². The number of aliphatic hydroxyl groups is 1. The predicted octanol–water partition coefficient (Wildman–Crippen LogP) is 2.32. The summed E-state index contributed by atoms with van der Waals surface area (Å²) >= 11 is 6.01. The molecule has 0 bridgehead atoms. The topological polar surface area (TPSA) is 26.7 Å². The molecule has 1 unspecified atom stereocenters. The molecule has 1 atom stereocenters. The lowest BCUT2D eigenvalue weighted by atomic mass is 10.1. The molecule has 1 aromatic rings. The summed E-state index contributed by atoms with van der Waals surface area (Å²) in [6, 6.07) is 5.77. The van der Waals surface area contributed by atoms with Gasteiger partial charge in [0.05, 0.1) is 6.10 Å². The van der Waals surface area contributed by atoms with Crippen molar-refractivity contribution in [2.45, 2.75) is 20.0 Å². The third-order valence-electron chi connectivity index (χ3n) is 3.91. The highest BCUT2D eigenvalue weighted by Gasteiger charge is 2.19. The van der Waals surface area contributed by atoms with Crippen molar-refractivity contribution in [2.24, 2.45) is 0 Å². The first-order chi connectivity index (χ1) is 9.10. The lowest BCUT2D eigenvalue weighted by Gasteiger charge is -2.35. The zero-order chi connectivity index (χ0) is 13.8. The molecule has 1 aliphatic rings. The summed E-state index contributed by atoms with van der Waals surface area (Å²) in [6.45, 7) is 10.3. The van der Waals surface area contributed by atoms with Crippen molar-refractivity contribution < 1.29 is 5.11 Å². The molecule has 1 saturated heterocycles. The Labute approximate surface area is 120 Å². The molecule has 0 aromatic heterocycles. The van der Waals surface area contributed by atoms with Crippen LogP contribution < -0.4 is 0 Å². The lowest BCUT2D eigenvalue weighted by Crippen LogP contribution is -2.47. The van der Waals surface area contributed by atoms with Crippen LogP contribution in [0.3, 0.4) is 0 Å². The zero-order valence-electron chi connectivity index (χ0n) is 11.8. The van der Waals surface area contributed by atoms with Crippen LogP contribution in [-0.2, 0) is 0 Å². The van der Waals surface area contributed by atoms with Crippen molar-refractivity contribution in [1.29, 1.82) is 0 Å². The van der Waals surface area contributed by atoms with Gasteiger partial charge >= 0.3 is 0 Å². The van der Waals surface area contributed by atoms with E-state index in [1.807, 2.05) is 25.1 Å². The van der Waals surface area contributed by atoms with E-state index in [1.165, 1.54) is 0 Å². The highest BCUT2D eigenvalue weighted by atomic mass is 35.5. The van der Waals surface area contributed by atoms with E-state index in [2.05, 4.69) is 16.7 Å². The normalized spacial score (nSPS) is 19.6. The molecule has 1 N–H and O–H groups in total. The molecular weight excluding hydrogens is 260 g/mol. The number of piperazine rings is 1. The SMILES string of the molecule is CCN1CCN(CC(O)c2ccc(Cl)c(C)c2)CC1. The first-order valence-electron chi connectivity index (χ1n) is 6.99. The molecule has 0 amide bonds. The predicted molar refractivity (Wildman–Crippen MR) is 79.7 cm³/mol. The molecule has 1 heterocycles. The van der Waals surface area contributed by atoms with Gasteiger partial charge in [0.25, 0.3) is 0 Å². The number of benzene rings is 1. The summed E-state index contributed by atoms with van der Waals surface area (Å²) < 4.78 is 0. The van der Waals surface area contributed by atoms with Gasteiger partial charge in [-0.25, -0.2) is 0 Å². The van der Waals surface area contributed by atoms with E-state index in [9.17, 15) is 5.11 Å². The van der Waals surface area contributed by atoms with Crippen molar-refractivity contribution in [3.8, 4) is 0 Å². The second kappa shape index (κ2) is 6.71. The third-order valence-corrected chi connectivity index (χ3v) is 4.33. The van der Waals surface area contributed by atoms with Crippen LogP contribution in [0.15, 0.2) is 18.2 Å². The van der Waals surface area contributed by atoms with E-state index >= 15 is 0 Å². The summed E-state index contributed by atoms with van der Waals surface area (Å²) in [4.78, 5) is 4.77. The number of hydrogen-bond donors (Lipinski definition) is 1. The molecule has 1 aromatic carbocycles. The minimum Gasteiger partial charge on any atom is -0.387 e. The van der Waals surface area contributed by atoms with E-state index in [-0.39, 0.29) is 0 Å². The summed E-state index contributed by atoms with van der Waals surface area (Å²) in [6.07, 6.45) is -0.427. The number of nitrogens with zero attached hydrogens (tertiary/aromatic N) is 2. The number of likely N-dealkylation sites (N-methyl/N-ethyl adjacent to an activating group) is 1. The first kappa shape index (κ1) is 14.8. The Morgan fingerprint density at radius 2 is 1.84 bits per heavy atom. The van der Waals surface area contributed by atoms with Crippen LogP contribution in [0.5, 0.6) is 0 Å². The van der Waals surface area contributed by atoms with Gasteiger partial charge in [-0.3, -0.25) is 4.90 Å². The van der Waals surface area contributed by atoms with Crippen molar-refractivity contribution in [2.75, 3.05) is 39.3 Å². The molecule has 0 saturated carbocycles. The molecule has 106 valence electrons. The molecule has 0 spiro atoms. The Hall–Kier alpha value is -0.610. The maximum atomic E-state index is 10.3. The highest BCUT2D eigenvalue weighted by molar-refractivity contribution is 6.31. The van der Waals surface area contributed by atoms with Crippen LogP contribution in [0.2, 0.25) is 5.02 Å². The Balaban J connectivity index is 1.90. The number of aliphatic hydroxyl groups excluding tert-OH is 1. The summed E-state index contributed by atoms with van der Waals surface area (Å²) in [5.41, 5.74) is 1.98. The monoisotopic (exact) mass is 282 g/mol. The van der Waals surface area contributed by atoms with Crippen molar-refractivity contribution in [1.82, 2.24) is 9.80 Å². The standard InChI is InChI=1S/C15H23ClN2O/c1-3-17-6-8-18(9-7-17)11-15(19)13-4-5-14(16)12(2)10-13/h4-5,10,15,19H,3,6-9,11H2,1-2H3. The second-order valence-electron chi connectivity index (χ2n) is 5.26. The van der Waals surface area contributed by atoms with Gasteiger partial charge in [-0.2, -0.15) is 0 Å². The van der Waals surface area contributed by atoms with Crippen LogP contribution in [0, 0.1) is 6.92 Å². The molecule has 0 aliphatic carbocycles. The maximum absolute atomic E-state index is 10.3. The highest BCUT2D eigenvalue weighted by Crippen LogP contribution is 2.21. The fraction of sp³-hybridized carbons (Fsp3) is 0.600. The van der Waals surface area contributed by atoms with E-state index in [0.717, 1.165) is 48.9 Å². The third kappa shape index (κ3) is 3.93. The number of aryl methyl sites for hydroxylation is 1. The Kier molecular flexibility index (Phi) is 5.22. The van der Waals surface area contributed by atoms with Crippen molar-refractivity contribution in [3.05, 3.63) is 34.3 Å². The van der Waals surface area contributed by atoms with Crippen LogP contribution in [0.1, 0.15) is 24.2 Å². The Morgan fingerprint density at radius 1 is 1.21 bits per heavy atom. The Morgan fingerprint density at radius 3 is 2.42 bits per heavy atom. The van der Waals surface area contributed by atoms with Gasteiger partial charge < -0.3 is 10.0 Å². The average molecular weight is 283 g/mol. The van der Waals surface area contributed by atoms with Gasteiger partial charge in [0, 0.05) is 37.7 Å². The van der Waals surface area contributed by atoms with Crippen molar-refractivity contribution >= 4 is 11.6 Å². The van der Waals surface area contributed by atoms with Crippen molar-refractivity contribution in [3.63, 3.8) is 0 Å². The summed E-state index contributed by atoms with van der Waals surface area (Å²) in [5, 5.41) is 11.1. The van der Waals surface area contributed by atoms with E-state index < -0.39 is 6.10 Å². The molecule has 0 radical (unpaired) electrons. The van der Waals surface area contributed by atoms with E-state index in [1.54, 1.807) is 0 Å². The fourth-order valence-electron chi connectivity index (χ4n) is 2.51. The molecule has 4 heteroatoms. The van der Waals surface area contributed by atoms with E-state index in [4.69, 9.17) is 11.6 Å². The molecule has 3 nitrogen and oxygen atoms in total. The average Bonchev–Trinajstić information content (AvgIpc) is 2.42. The van der Waals surface area contributed by atoms with Gasteiger partial charge in [0.2, 0.25) is 0 Å². The number of β-amino-alcohol motifs (C(OH)–C–C–N with tert-alkyl or cyclic N) is 1. The van der Waals surface area contributed by atoms with Gasteiger partial charge in [0.15, 0.2) is 0 Å². The maximum Gasteiger partial charge on any atom is 0.0917 e. The van der Waals surface area contributed by atoms with Crippen LogP contribution in [0.4, 0.5) is 0 Å². The number of halogens is 1. The molecular formula is C15H23ClN2O. The summed E-state index contributed by atoms with van der Waals surface area (Å²) in [5.74, 6) is 0. The largest absolute Gasteiger partial charge is 0.387 e. The van der Waals surface area contributed by atoms with Crippen LogP contribution in [-0.4, -0.2) is 54.2 Å². The quantitative estimate of drug-likeness (QED) is 0.918. The van der Waals surface area contributed by atoms with Crippen LogP contribution >= 0.6 is 11.6 Å². The van der Waals surface area contributed by atoms with Crippen LogP contribution in [0.25, 0.3) is 0 Å². The van der Waals surface area contributed by atoms with Gasteiger partial charge in [-0.15, -0.1) is 0 Å². The minimum atomic E-state index is -0.427. The first-order valence-corrected chi connectivity index (χ1v) is 7.36. The molecule has 1 aliphatic heterocycles. The molecule has 1 fully saturated rings. The van der Waals surface area contributed by atoms with Gasteiger partial charge in [0.1, 0.15) is 0 Å². The number of hydrogen-bond acceptors (Lipinski definition) is 3. The smallest absolute Gasteiger partial charge is 0.0917 e. The lowest BCUT2D eigenvalue weighted by molar-refractivity contribution is 0.0744. The van der Waals surface area contributed by atoms with Gasteiger partial charge in [-0.05, 0) is 30.7 Å². The fourth-order valence-corrected chi connectivity index (χ4v) is 2.63. The molecule has 19 heavy (non-hydrogen) atoms. The number of rotatable bonds is 4. The summed E-state index contributed by atoms with van der Waals surface area (Å²) in [7, 11) is 0. The second-order valence-corrected chi connectivity index (χ2v) is 5.67. The van der Waals surface area contributed by atoms with E-state index in [0.29, 0.717) is 6.54 Å².